The van der Waals surface area contributed by atoms with Crippen LogP contribution in [0.5, 0.6) is 5.75 Å². The third-order valence-electron chi connectivity index (χ3n) is 5.27. The van der Waals surface area contributed by atoms with Crippen LogP contribution in [0, 0.1) is 0 Å². The Hall–Kier alpha value is -2.85. The fourth-order valence-electron chi connectivity index (χ4n) is 4.00. The number of phenols is 1. The maximum Gasteiger partial charge on any atom is 1.00 e. The molecule has 0 aliphatic rings. The Morgan fingerprint density at radius 2 is 1.03 bits per heavy atom. The van der Waals surface area contributed by atoms with Gasteiger partial charge in [-0.15, -0.1) is 0 Å². The Morgan fingerprint density at radius 1 is 0.633 bits per heavy atom. The van der Waals surface area contributed by atoms with Gasteiger partial charge in [0.2, 0.25) is 0 Å². The van der Waals surface area contributed by atoms with E-state index in [4.69, 9.17) is 0 Å². The fourth-order valence-corrected chi connectivity index (χ4v) is 4.00. The Morgan fingerprint density at radius 3 is 1.40 bits per heavy atom. The molecule has 0 aliphatic heterocycles. The van der Waals surface area contributed by atoms with Gasteiger partial charge in [-0.2, -0.15) is 0 Å². The molecule has 4 aromatic carbocycles. The molecule has 0 saturated heterocycles. The number of aromatic hydroxyl groups is 1. The first kappa shape index (κ1) is 21.8. The van der Waals surface area contributed by atoms with Gasteiger partial charge in [0.05, 0.1) is 11.4 Å². The van der Waals surface area contributed by atoms with Crippen molar-refractivity contribution in [2.75, 3.05) is 0 Å². The van der Waals surface area contributed by atoms with Crippen LogP contribution in [0.15, 0.2) is 109 Å². The SMILES string of the molecule is O=C([O-])c1cc(C(c2ccccc2)(c2ccccc2)c2ccccc2)ccc1O.[Na+]. The Bertz CT molecular complexity index is 1030. The van der Waals surface area contributed by atoms with Crippen molar-refractivity contribution < 1.29 is 44.6 Å². The van der Waals surface area contributed by atoms with Gasteiger partial charge < -0.3 is 15.0 Å². The van der Waals surface area contributed by atoms with Crippen molar-refractivity contribution in [1.82, 2.24) is 0 Å². The van der Waals surface area contributed by atoms with E-state index in [-0.39, 0.29) is 40.9 Å². The molecule has 3 nitrogen and oxygen atoms in total. The van der Waals surface area contributed by atoms with E-state index in [0.717, 1.165) is 22.3 Å². The minimum atomic E-state index is -1.41. The van der Waals surface area contributed by atoms with Gasteiger partial charge in [0.1, 0.15) is 5.75 Å². The Labute approximate surface area is 197 Å². The summed E-state index contributed by atoms with van der Waals surface area (Å²) in [5, 5.41) is 21.7. The number of carboxylic acid groups (broad SMARTS) is 1. The van der Waals surface area contributed by atoms with E-state index in [2.05, 4.69) is 0 Å². The summed E-state index contributed by atoms with van der Waals surface area (Å²) in [6.45, 7) is 0. The standard InChI is InChI=1S/C26H20O3.Na/c27-24-17-16-22(18-23(24)25(28)29)26(19-10-4-1-5-11-19,20-12-6-2-7-13-20)21-14-8-3-9-15-21;/h1-18,27H,(H,28,29);/q;+1/p-1. The van der Waals surface area contributed by atoms with Crippen molar-refractivity contribution in [3.63, 3.8) is 0 Å². The smallest absolute Gasteiger partial charge is 0.545 e. The molecule has 0 fully saturated rings. The summed E-state index contributed by atoms with van der Waals surface area (Å²) in [4.78, 5) is 11.6. The number of carboxylic acids is 1. The molecule has 0 amide bonds. The third-order valence-corrected chi connectivity index (χ3v) is 5.27. The van der Waals surface area contributed by atoms with E-state index in [0.29, 0.717) is 0 Å². The number of carbonyl (C=O) groups is 1. The van der Waals surface area contributed by atoms with Crippen molar-refractivity contribution >= 4 is 5.97 Å². The van der Waals surface area contributed by atoms with Gasteiger partial charge >= 0.3 is 29.6 Å². The van der Waals surface area contributed by atoms with Crippen LogP contribution in [0.3, 0.4) is 0 Å². The second kappa shape index (κ2) is 9.31. The molecule has 4 heteroatoms. The quantitative estimate of drug-likeness (QED) is 0.402. The molecular formula is C26H19NaO3. The number of aromatic carboxylic acids is 1. The molecule has 0 heterocycles. The predicted octanol–water partition coefficient (Wildman–Crippen LogP) is 1.14. The minimum Gasteiger partial charge on any atom is -0.545 e. The van der Waals surface area contributed by atoms with Crippen LogP contribution in [-0.4, -0.2) is 11.1 Å². The van der Waals surface area contributed by atoms with Gasteiger partial charge in [-0.25, -0.2) is 0 Å². The van der Waals surface area contributed by atoms with E-state index in [9.17, 15) is 15.0 Å². The first-order chi connectivity index (χ1) is 14.1. The molecule has 0 aliphatic carbocycles. The molecule has 30 heavy (non-hydrogen) atoms. The van der Waals surface area contributed by atoms with Gasteiger partial charge in [0.25, 0.3) is 0 Å². The van der Waals surface area contributed by atoms with Crippen LogP contribution < -0.4 is 34.7 Å². The molecule has 0 unspecified atom stereocenters. The second-order valence-electron chi connectivity index (χ2n) is 6.87. The summed E-state index contributed by atoms with van der Waals surface area (Å²) in [6, 6.07) is 34.6. The van der Waals surface area contributed by atoms with E-state index in [1.165, 1.54) is 12.1 Å². The first-order valence-electron chi connectivity index (χ1n) is 9.35. The van der Waals surface area contributed by atoms with Gasteiger partial charge in [0, 0.05) is 5.56 Å². The van der Waals surface area contributed by atoms with Crippen molar-refractivity contribution in [3.05, 3.63) is 137 Å². The number of hydrogen-bond acceptors (Lipinski definition) is 3. The van der Waals surface area contributed by atoms with E-state index in [1.54, 1.807) is 6.07 Å². The van der Waals surface area contributed by atoms with Crippen molar-refractivity contribution in [2.45, 2.75) is 5.41 Å². The molecule has 4 aromatic rings. The predicted molar refractivity (Wildman–Crippen MR) is 111 cm³/mol. The zero-order valence-electron chi connectivity index (χ0n) is 16.7. The molecule has 0 aromatic heterocycles. The summed E-state index contributed by atoms with van der Waals surface area (Å²) >= 11 is 0. The van der Waals surface area contributed by atoms with E-state index < -0.39 is 11.4 Å². The zero-order valence-corrected chi connectivity index (χ0v) is 18.7. The monoisotopic (exact) mass is 402 g/mol. The molecule has 0 atom stereocenters. The Balaban J connectivity index is 0.00000256. The van der Waals surface area contributed by atoms with E-state index >= 15 is 0 Å². The van der Waals surface area contributed by atoms with Gasteiger partial charge in [-0.05, 0) is 34.4 Å². The van der Waals surface area contributed by atoms with Crippen LogP contribution in [-0.2, 0) is 5.41 Å². The molecule has 0 radical (unpaired) electrons. The van der Waals surface area contributed by atoms with Crippen LogP contribution in [0.1, 0.15) is 32.6 Å². The summed E-state index contributed by atoms with van der Waals surface area (Å²) in [5.74, 6) is -1.72. The van der Waals surface area contributed by atoms with Crippen LogP contribution in [0.2, 0.25) is 0 Å². The summed E-state index contributed by atoms with van der Waals surface area (Å²) in [7, 11) is 0. The number of hydrogen-bond donors (Lipinski definition) is 1. The van der Waals surface area contributed by atoms with Crippen LogP contribution in [0.4, 0.5) is 0 Å². The first-order valence-corrected chi connectivity index (χ1v) is 9.35. The molecule has 142 valence electrons. The maximum absolute atomic E-state index is 11.6. The molecule has 0 saturated carbocycles. The van der Waals surface area contributed by atoms with Gasteiger partial charge in [-0.1, -0.05) is 97.1 Å². The number of benzene rings is 4. The molecular weight excluding hydrogens is 383 g/mol. The third kappa shape index (κ3) is 3.80. The maximum atomic E-state index is 11.6. The normalized spacial score (nSPS) is 10.8. The average Bonchev–Trinajstić information content (AvgIpc) is 2.77. The zero-order chi connectivity index (χ0) is 20.3. The van der Waals surface area contributed by atoms with Gasteiger partial charge in [-0.3, -0.25) is 0 Å². The number of carbonyl (C=O) groups excluding carboxylic acids is 1. The molecule has 0 bridgehead atoms. The average molecular weight is 402 g/mol. The van der Waals surface area contributed by atoms with Crippen molar-refractivity contribution in [1.29, 1.82) is 0 Å². The summed E-state index contributed by atoms with van der Waals surface area (Å²) < 4.78 is 0. The van der Waals surface area contributed by atoms with E-state index in [1.807, 2.05) is 91.0 Å². The van der Waals surface area contributed by atoms with Crippen LogP contribution in [0.25, 0.3) is 0 Å². The Kier molecular flexibility index (Phi) is 6.78. The number of rotatable bonds is 5. The summed E-state index contributed by atoms with van der Waals surface area (Å²) in [6.07, 6.45) is 0. The van der Waals surface area contributed by atoms with Crippen molar-refractivity contribution in [3.8, 4) is 5.75 Å². The topological polar surface area (TPSA) is 60.4 Å². The minimum absolute atomic E-state index is 0. The fraction of sp³-hybridized carbons (Fsp3) is 0.0385. The van der Waals surface area contributed by atoms with Gasteiger partial charge in [0.15, 0.2) is 0 Å². The second-order valence-corrected chi connectivity index (χ2v) is 6.87. The van der Waals surface area contributed by atoms with Crippen LogP contribution >= 0.6 is 0 Å². The molecule has 1 N–H and O–H groups in total. The van der Waals surface area contributed by atoms with Crippen molar-refractivity contribution in [2.24, 2.45) is 0 Å². The largest absolute Gasteiger partial charge is 1.00 e. The molecule has 4 rings (SSSR count). The summed E-state index contributed by atoms with van der Waals surface area (Å²) in [5.41, 5.74) is 2.72. The molecule has 0 spiro atoms.